The number of carbonyl (C=O) groups is 2. The molecule has 1 atom stereocenters. The maximum absolute atomic E-state index is 12.5. The highest BCUT2D eigenvalue weighted by Gasteiger charge is 2.24. The molecule has 1 aliphatic heterocycles. The average molecular weight is 547 g/mol. The number of halogens is 1. The Morgan fingerprint density at radius 2 is 2.05 bits per heavy atom. The van der Waals surface area contributed by atoms with Crippen LogP contribution >= 0.6 is 11.6 Å². The lowest BCUT2D eigenvalue weighted by Gasteiger charge is -2.27. The standard InChI is InChI=1S/C27H39ClN6O4/c1-27(2,3)38-16-15-34(13-5-4-8-20-10-9-19-7-6-12-30-24(19)32-20)14-11-22(26(36)37)33-25(35)23-21(28)17-29-18-31-23/h9-10,17-18,22H,4-8,11-16H2,1-3H3,(H,30,32)(H,33,35)(H,36,37). The number of carbonyl (C=O) groups excluding carboxylic acids is 1. The van der Waals surface area contributed by atoms with Gasteiger partial charge < -0.3 is 25.4 Å². The molecule has 38 heavy (non-hydrogen) atoms. The van der Waals surface area contributed by atoms with Crippen molar-refractivity contribution in [2.45, 2.75) is 70.9 Å². The average Bonchev–Trinajstić information content (AvgIpc) is 2.87. The van der Waals surface area contributed by atoms with E-state index >= 15 is 0 Å². The number of carboxylic acid groups (broad SMARTS) is 1. The Morgan fingerprint density at radius 1 is 1.24 bits per heavy atom. The minimum atomic E-state index is -1.11. The molecular weight excluding hydrogens is 508 g/mol. The molecule has 3 heterocycles. The van der Waals surface area contributed by atoms with Crippen molar-refractivity contribution in [3.63, 3.8) is 0 Å². The van der Waals surface area contributed by atoms with Crippen LogP contribution in [-0.4, -0.2) is 81.3 Å². The number of hydrogen-bond acceptors (Lipinski definition) is 8. The van der Waals surface area contributed by atoms with Gasteiger partial charge in [-0.25, -0.2) is 19.7 Å². The van der Waals surface area contributed by atoms with Crippen LogP contribution in [0.4, 0.5) is 5.82 Å². The van der Waals surface area contributed by atoms with E-state index in [2.05, 4.69) is 37.6 Å². The van der Waals surface area contributed by atoms with Crippen molar-refractivity contribution in [1.82, 2.24) is 25.2 Å². The van der Waals surface area contributed by atoms with E-state index in [1.54, 1.807) is 0 Å². The molecule has 3 rings (SSSR count). The number of nitrogens with zero attached hydrogens (tertiary/aromatic N) is 4. The molecule has 0 spiro atoms. The molecule has 11 heteroatoms. The van der Waals surface area contributed by atoms with E-state index in [4.69, 9.17) is 21.3 Å². The summed E-state index contributed by atoms with van der Waals surface area (Å²) in [5.41, 5.74) is 2.06. The first-order valence-electron chi connectivity index (χ1n) is 13.2. The number of fused-ring (bicyclic) bond motifs is 1. The first kappa shape index (κ1) is 29.7. The molecule has 1 amide bonds. The molecule has 2 aromatic rings. The number of rotatable bonds is 14. The highest BCUT2D eigenvalue weighted by atomic mass is 35.5. The van der Waals surface area contributed by atoms with Crippen LogP contribution in [0.15, 0.2) is 24.7 Å². The number of aryl methyl sites for hydroxylation is 2. The molecule has 0 aliphatic carbocycles. The SMILES string of the molecule is CC(C)(C)OCCN(CCCCc1ccc2c(n1)NCCC2)CCC(NC(=O)c1ncncc1Cl)C(=O)O. The zero-order chi connectivity index (χ0) is 27.5. The predicted octanol–water partition coefficient (Wildman–Crippen LogP) is 3.60. The normalized spacial score (nSPS) is 14.0. The monoisotopic (exact) mass is 546 g/mol. The van der Waals surface area contributed by atoms with Crippen molar-refractivity contribution in [3.05, 3.63) is 46.6 Å². The van der Waals surface area contributed by atoms with Crippen LogP contribution in [0, 0.1) is 0 Å². The van der Waals surface area contributed by atoms with Gasteiger partial charge in [-0.1, -0.05) is 17.7 Å². The largest absolute Gasteiger partial charge is 0.480 e. The van der Waals surface area contributed by atoms with Gasteiger partial charge in [0.25, 0.3) is 5.91 Å². The second-order valence-corrected chi connectivity index (χ2v) is 10.9. The molecule has 0 saturated carbocycles. The van der Waals surface area contributed by atoms with Crippen molar-refractivity contribution in [3.8, 4) is 0 Å². The number of nitrogens with one attached hydrogen (secondary N) is 2. The van der Waals surface area contributed by atoms with E-state index in [9.17, 15) is 14.7 Å². The molecule has 0 radical (unpaired) electrons. The summed E-state index contributed by atoms with van der Waals surface area (Å²) in [5.74, 6) is -0.735. The first-order chi connectivity index (χ1) is 18.1. The number of unbranched alkanes of at least 4 members (excludes halogenated alkanes) is 1. The molecule has 208 valence electrons. The lowest BCUT2D eigenvalue weighted by molar-refractivity contribution is -0.139. The number of ether oxygens (including phenoxy) is 1. The van der Waals surface area contributed by atoms with Gasteiger partial charge in [0.15, 0.2) is 0 Å². The minimum absolute atomic E-state index is 0.0469. The molecule has 0 bridgehead atoms. The lowest BCUT2D eigenvalue weighted by Crippen LogP contribution is -2.44. The van der Waals surface area contributed by atoms with Gasteiger partial charge in [-0.2, -0.15) is 0 Å². The van der Waals surface area contributed by atoms with Crippen LogP contribution in [0.1, 0.15) is 68.2 Å². The smallest absolute Gasteiger partial charge is 0.326 e. The molecular formula is C27H39ClN6O4. The Morgan fingerprint density at radius 3 is 2.79 bits per heavy atom. The zero-order valence-corrected chi connectivity index (χ0v) is 23.3. The highest BCUT2D eigenvalue weighted by Crippen LogP contribution is 2.20. The Balaban J connectivity index is 1.53. The van der Waals surface area contributed by atoms with Gasteiger partial charge >= 0.3 is 5.97 Å². The molecule has 0 fully saturated rings. The van der Waals surface area contributed by atoms with E-state index < -0.39 is 17.9 Å². The van der Waals surface area contributed by atoms with Crippen molar-refractivity contribution in [2.24, 2.45) is 0 Å². The summed E-state index contributed by atoms with van der Waals surface area (Å²) >= 11 is 5.99. The van der Waals surface area contributed by atoms with E-state index in [0.717, 1.165) is 56.7 Å². The van der Waals surface area contributed by atoms with Gasteiger partial charge in [0, 0.05) is 31.5 Å². The Kier molecular flexibility index (Phi) is 11.2. The number of pyridine rings is 1. The molecule has 0 saturated heterocycles. The molecule has 3 N–H and O–H groups in total. The fourth-order valence-corrected chi connectivity index (χ4v) is 4.43. The zero-order valence-electron chi connectivity index (χ0n) is 22.5. The third kappa shape index (κ3) is 9.81. The fourth-order valence-electron chi connectivity index (χ4n) is 4.24. The molecule has 2 aromatic heterocycles. The van der Waals surface area contributed by atoms with Crippen molar-refractivity contribution >= 4 is 29.3 Å². The van der Waals surface area contributed by atoms with Crippen molar-refractivity contribution < 1.29 is 19.4 Å². The van der Waals surface area contributed by atoms with Gasteiger partial charge in [0.05, 0.1) is 17.2 Å². The Hall–Kier alpha value is -2.82. The van der Waals surface area contributed by atoms with Crippen LogP contribution in [0.25, 0.3) is 0 Å². The summed E-state index contributed by atoms with van der Waals surface area (Å²) in [6.45, 7) is 9.46. The maximum atomic E-state index is 12.5. The van der Waals surface area contributed by atoms with Gasteiger partial charge in [-0.3, -0.25) is 4.79 Å². The second kappa shape index (κ2) is 14.4. The van der Waals surface area contributed by atoms with Gasteiger partial charge in [-0.05, 0) is 77.5 Å². The first-order valence-corrected chi connectivity index (χ1v) is 13.6. The van der Waals surface area contributed by atoms with Crippen LogP contribution in [0.2, 0.25) is 5.02 Å². The highest BCUT2D eigenvalue weighted by molar-refractivity contribution is 6.33. The quantitative estimate of drug-likeness (QED) is 0.304. The maximum Gasteiger partial charge on any atom is 0.326 e. The summed E-state index contributed by atoms with van der Waals surface area (Å²) in [7, 11) is 0. The number of anilines is 1. The van der Waals surface area contributed by atoms with Crippen molar-refractivity contribution in [2.75, 3.05) is 38.1 Å². The summed E-state index contributed by atoms with van der Waals surface area (Å²) in [5, 5.41) is 15.7. The molecule has 10 nitrogen and oxygen atoms in total. The minimum Gasteiger partial charge on any atom is -0.480 e. The van der Waals surface area contributed by atoms with Crippen LogP contribution in [0.5, 0.6) is 0 Å². The van der Waals surface area contributed by atoms with E-state index in [1.807, 2.05) is 20.8 Å². The van der Waals surface area contributed by atoms with Gasteiger partial charge in [-0.15, -0.1) is 0 Å². The van der Waals surface area contributed by atoms with Crippen LogP contribution < -0.4 is 10.6 Å². The van der Waals surface area contributed by atoms with Crippen LogP contribution in [-0.2, 0) is 22.4 Å². The van der Waals surface area contributed by atoms with E-state index in [1.165, 1.54) is 18.1 Å². The fraction of sp³-hybridized carbons (Fsp3) is 0.593. The summed E-state index contributed by atoms with van der Waals surface area (Å²) < 4.78 is 5.90. The number of aliphatic carboxylic acids is 1. The van der Waals surface area contributed by atoms with Crippen LogP contribution in [0.3, 0.4) is 0 Å². The molecule has 1 aliphatic rings. The Bertz CT molecular complexity index is 1080. The summed E-state index contributed by atoms with van der Waals surface area (Å²) in [4.78, 5) is 39.0. The summed E-state index contributed by atoms with van der Waals surface area (Å²) in [6.07, 6.45) is 7.73. The second-order valence-electron chi connectivity index (χ2n) is 10.5. The van der Waals surface area contributed by atoms with Crippen molar-refractivity contribution in [1.29, 1.82) is 0 Å². The van der Waals surface area contributed by atoms with Gasteiger partial charge in [0.1, 0.15) is 23.9 Å². The lowest BCUT2D eigenvalue weighted by atomic mass is 10.1. The van der Waals surface area contributed by atoms with E-state index in [-0.39, 0.29) is 22.7 Å². The summed E-state index contributed by atoms with van der Waals surface area (Å²) in [6, 6.07) is 3.21. The molecule has 0 aromatic carbocycles. The Labute approximate surface area is 229 Å². The molecule has 1 unspecified atom stereocenters. The third-order valence-electron chi connectivity index (χ3n) is 6.27. The number of carboxylic acids is 1. The predicted molar refractivity (Wildman–Crippen MR) is 147 cm³/mol. The topological polar surface area (TPSA) is 130 Å². The third-order valence-corrected chi connectivity index (χ3v) is 6.55. The van der Waals surface area contributed by atoms with Gasteiger partial charge in [0.2, 0.25) is 0 Å². The number of amides is 1. The van der Waals surface area contributed by atoms with E-state index in [0.29, 0.717) is 19.7 Å². The number of aromatic nitrogens is 3. The number of hydrogen-bond donors (Lipinski definition) is 3.